The molecule has 36 heavy (non-hydrogen) atoms. The van der Waals surface area contributed by atoms with Gasteiger partial charge in [0.15, 0.2) is 5.82 Å². The van der Waals surface area contributed by atoms with E-state index >= 15 is 0 Å². The third-order valence-corrected chi connectivity index (χ3v) is 6.96. The molecule has 186 valence electrons. The Kier molecular flexibility index (Phi) is 6.08. The van der Waals surface area contributed by atoms with E-state index in [1.807, 2.05) is 56.6 Å². The predicted octanol–water partition coefficient (Wildman–Crippen LogP) is 4.90. The zero-order valence-corrected chi connectivity index (χ0v) is 21.3. The van der Waals surface area contributed by atoms with Crippen LogP contribution in [-0.2, 0) is 5.54 Å². The first-order chi connectivity index (χ1) is 17.1. The number of pyridine rings is 1. The molecule has 4 aromatic rings. The van der Waals surface area contributed by atoms with E-state index in [9.17, 15) is 9.18 Å². The molecule has 1 N–H and O–H groups in total. The second-order valence-corrected chi connectivity index (χ2v) is 10.5. The van der Waals surface area contributed by atoms with Gasteiger partial charge in [0, 0.05) is 24.0 Å². The Balaban J connectivity index is 1.63. The molecule has 0 radical (unpaired) electrons. The number of hydrogen-bond donors (Lipinski definition) is 1. The molecule has 0 fully saturated rings. The first-order valence-electron chi connectivity index (χ1n) is 12.2. The minimum absolute atomic E-state index is 0.141. The predicted molar refractivity (Wildman–Crippen MR) is 139 cm³/mol. The fourth-order valence-electron chi connectivity index (χ4n) is 4.98. The van der Waals surface area contributed by atoms with Crippen molar-refractivity contribution in [2.24, 2.45) is 0 Å². The van der Waals surface area contributed by atoms with Crippen molar-refractivity contribution >= 4 is 16.5 Å². The monoisotopic (exact) mass is 486 g/mol. The molecule has 0 amide bonds. The van der Waals surface area contributed by atoms with Gasteiger partial charge in [-0.1, -0.05) is 30.3 Å². The SMILES string of the molecule is Cc1ccc(C)c2[nH]c(=O)c([C@@H](c3nnnn3C(C)(C)C)N3CC=C(c4ccc(F)cc4)CC3)cc12. The third kappa shape index (κ3) is 4.37. The number of rotatable bonds is 4. The number of H-pyrrole nitrogens is 1. The molecule has 2 aromatic carbocycles. The van der Waals surface area contributed by atoms with Gasteiger partial charge < -0.3 is 4.98 Å². The van der Waals surface area contributed by atoms with Crippen LogP contribution >= 0.6 is 0 Å². The van der Waals surface area contributed by atoms with Gasteiger partial charge >= 0.3 is 0 Å². The maximum atomic E-state index is 13.5. The van der Waals surface area contributed by atoms with Crippen molar-refractivity contribution in [3.05, 3.63) is 92.8 Å². The van der Waals surface area contributed by atoms with Gasteiger partial charge in [-0.2, -0.15) is 0 Å². The van der Waals surface area contributed by atoms with Crippen molar-refractivity contribution in [1.82, 2.24) is 30.1 Å². The quantitative estimate of drug-likeness (QED) is 0.444. The highest BCUT2D eigenvalue weighted by atomic mass is 19.1. The molecule has 1 aliphatic rings. The van der Waals surface area contributed by atoms with Crippen LogP contribution in [0, 0.1) is 19.7 Å². The lowest BCUT2D eigenvalue weighted by atomic mass is 9.95. The number of benzene rings is 2. The first-order valence-corrected chi connectivity index (χ1v) is 12.2. The summed E-state index contributed by atoms with van der Waals surface area (Å²) in [5, 5.41) is 13.7. The number of halogens is 1. The van der Waals surface area contributed by atoms with E-state index < -0.39 is 6.04 Å². The number of tetrazole rings is 1. The normalized spacial score (nSPS) is 15.8. The van der Waals surface area contributed by atoms with E-state index in [-0.39, 0.29) is 16.9 Å². The molecule has 0 saturated heterocycles. The molecule has 0 unspecified atom stereocenters. The van der Waals surface area contributed by atoms with E-state index in [4.69, 9.17) is 0 Å². The number of aryl methyl sites for hydroxylation is 2. The first kappa shape index (κ1) is 24.1. The van der Waals surface area contributed by atoms with Crippen LogP contribution in [0.25, 0.3) is 16.5 Å². The summed E-state index contributed by atoms with van der Waals surface area (Å²) in [5.41, 5.74) is 5.28. The second-order valence-electron chi connectivity index (χ2n) is 10.5. The highest BCUT2D eigenvalue weighted by molar-refractivity contribution is 5.85. The Morgan fingerprint density at radius 2 is 1.78 bits per heavy atom. The van der Waals surface area contributed by atoms with Gasteiger partial charge in [0.2, 0.25) is 0 Å². The van der Waals surface area contributed by atoms with E-state index in [1.54, 1.807) is 0 Å². The second kappa shape index (κ2) is 9.09. The number of aromatic amines is 1. The van der Waals surface area contributed by atoms with E-state index in [2.05, 4.69) is 44.5 Å². The fourth-order valence-corrected chi connectivity index (χ4v) is 4.98. The summed E-state index contributed by atoms with van der Waals surface area (Å²) in [5.74, 6) is 0.392. The van der Waals surface area contributed by atoms with Gasteiger partial charge in [0.05, 0.1) is 11.1 Å². The minimum atomic E-state index is -0.432. The molecular formula is C28H31FN6O. The standard InChI is InChI=1S/C28H31FN6O/c1-17-6-7-18(2)24-22(17)16-23(27(36)30-24)25(26-31-32-33-35(26)28(3,4)5)34-14-12-20(13-15-34)19-8-10-21(29)11-9-19/h6-12,16,25H,13-15H2,1-5H3,(H,30,36)/t25-/m0/s1. The largest absolute Gasteiger partial charge is 0.321 e. The van der Waals surface area contributed by atoms with E-state index in [1.165, 1.54) is 17.7 Å². The molecule has 0 saturated carbocycles. The molecule has 3 heterocycles. The maximum Gasteiger partial charge on any atom is 0.253 e. The topological polar surface area (TPSA) is 79.7 Å². The number of nitrogens with one attached hydrogen (secondary N) is 1. The van der Waals surface area contributed by atoms with Crippen LogP contribution in [0.5, 0.6) is 0 Å². The van der Waals surface area contributed by atoms with Crippen molar-refractivity contribution in [3.63, 3.8) is 0 Å². The number of aromatic nitrogens is 5. The van der Waals surface area contributed by atoms with E-state index in [0.717, 1.165) is 34.0 Å². The van der Waals surface area contributed by atoms with Gasteiger partial charge in [-0.15, -0.1) is 5.10 Å². The van der Waals surface area contributed by atoms with Crippen LogP contribution in [0.4, 0.5) is 4.39 Å². The maximum absolute atomic E-state index is 13.5. The zero-order chi connectivity index (χ0) is 25.6. The minimum Gasteiger partial charge on any atom is -0.321 e. The highest BCUT2D eigenvalue weighted by Crippen LogP contribution is 2.33. The molecule has 2 aromatic heterocycles. The number of hydrogen-bond acceptors (Lipinski definition) is 5. The lowest BCUT2D eigenvalue weighted by Gasteiger charge is -2.34. The summed E-state index contributed by atoms with van der Waals surface area (Å²) < 4.78 is 15.2. The summed E-state index contributed by atoms with van der Waals surface area (Å²) in [6.07, 6.45) is 2.92. The van der Waals surface area contributed by atoms with Crippen LogP contribution in [-0.4, -0.2) is 43.2 Å². The van der Waals surface area contributed by atoms with Gasteiger partial charge in [-0.25, -0.2) is 9.07 Å². The number of fused-ring (bicyclic) bond motifs is 1. The summed E-state index contributed by atoms with van der Waals surface area (Å²) in [7, 11) is 0. The number of nitrogens with zero attached hydrogens (tertiary/aromatic N) is 5. The summed E-state index contributed by atoms with van der Waals surface area (Å²) in [4.78, 5) is 18.9. The Morgan fingerprint density at radius 1 is 1.06 bits per heavy atom. The average Bonchev–Trinajstić information content (AvgIpc) is 3.34. The molecule has 1 aliphatic heterocycles. The van der Waals surface area contributed by atoms with Crippen LogP contribution < -0.4 is 5.56 Å². The zero-order valence-electron chi connectivity index (χ0n) is 21.3. The Bertz CT molecular complexity index is 1510. The van der Waals surface area contributed by atoms with Crippen LogP contribution in [0.2, 0.25) is 0 Å². The van der Waals surface area contributed by atoms with Gasteiger partial charge in [-0.3, -0.25) is 9.69 Å². The van der Waals surface area contributed by atoms with Crippen molar-refractivity contribution in [1.29, 1.82) is 0 Å². The fraction of sp³-hybridized carbons (Fsp3) is 0.357. The molecule has 0 aliphatic carbocycles. The molecule has 0 spiro atoms. The summed E-state index contributed by atoms with van der Waals surface area (Å²) in [6.45, 7) is 11.5. The Morgan fingerprint density at radius 3 is 2.44 bits per heavy atom. The van der Waals surface area contributed by atoms with Crippen LogP contribution in [0.1, 0.15) is 61.3 Å². The summed E-state index contributed by atoms with van der Waals surface area (Å²) in [6, 6.07) is 12.3. The Labute approximate surface area is 209 Å². The third-order valence-electron chi connectivity index (χ3n) is 6.96. The van der Waals surface area contributed by atoms with Crippen molar-refractivity contribution in [3.8, 4) is 0 Å². The van der Waals surface area contributed by atoms with Crippen molar-refractivity contribution in [2.45, 2.75) is 52.6 Å². The van der Waals surface area contributed by atoms with Crippen molar-refractivity contribution < 1.29 is 4.39 Å². The molecule has 1 atom stereocenters. The Hall–Kier alpha value is -3.65. The molecule has 0 bridgehead atoms. The average molecular weight is 487 g/mol. The van der Waals surface area contributed by atoms with Gasteiger partial charge in [0.25, 0.3) is 5.56 Å². The lowest BCUT2D eigenvalue weighted by Crippen LogP contribution is -2.39. The molecular weight excluding hydrogens is 455 g/mol. The van der Waals surface area contributed by atoms with Crippen LogP contribution in [0.15, 0.2) is 53.3 Å². The van der Waals surface area contributed by atoms with Gasteiger partial charge in [0.1, 0.15) is 11.9 Å². The lowest BCUT2D eigenvalue weighted by molar-refractivity contribution is 0.219. The smallest absolute Gasteiger partial charge is 0.253 e. The van der Waals surface area contributed by atoms with Gasteiger partial charge in [-0.05, 0) is 91.9 Å². The van der Waals surface area contributed by atoms with Crippen molar-refractivity contribution in [2.75, 3.05) is 13.1 Å². The summed E-state index contributed by atoms with van der Waals surface area (Å²) >= 11 is 0. The van der Waals surface area contributed by atoms with E-state index in [0.29, 0.717) is 24.5 Å². The molecule has 7 nitrogen and oxygen atoms in total. The highest BCUT2D eigenvalue weighted by Gasteiger charge is 2.34. The van der Waals surface area contributed by atoms with Crippen LogP contribution in [0.3, 0.4) is 0 Å². The molecule has 8 heteroatoms. The molecule has 5 rings (SSSR count).